The van der Waals surface area contributed by atoms with E-state index in [2.05, 4.69) is 22.2 Å². The lowest BCUT2D eigenvalue weighted by atomic mass is 9.98. The molecule has 15 heavy (non-hydrogen) atoms. The second-order valence-electron chi connectivity index (χ2n) is 4.18. The molecule has 3 nitrogen and oxygen atoms in total. The third-order valence-electron chi connectivity index (χ3n) is 3.20. The van der Waals surface area contributed by atoms with E-state index in [4.69, 9.17) is 5.73 Å². The van der Waals surface area contributed by atoms with Crippen molar-refractivity contribution in [3.8, 4) is 0 Å². The third kappa shape index (κ3) is 2.22. The molecule has 0 aromatic carbocycles. The number of hydrogen-bond donors (Lipinski definition) is 1. The van der Waals surface area contributed by atoms with Crippen molar-refractivity contribution in [1.29, 1.82) is 0 Å². The minimum absolute atomic E-state index is 0.473. The van der Waals surface area contributed by atoms with E-state index < -0.39 is 0 Å². The van der Waals surface area contributed by atoms with E-state index in [9.17, 15) is 0 Å². The Hall–Kier alpha value is -0.450. The molecule has 1 aliphatic rings. The minimum atomic E-state index is 0.473. The molecule has 1 aromatic rings. The van der Waals surface area contributed by atoms with Crippen LogP contribution in [-0.4, -0.2) is 29.5 Å². The Morgan fingerprint density at radius 1 is 1.67 bits per heavy atom. The van der Waals surface area contributed by atoms with Crippen LogP contribution in [0, 0.1) is 5.92 Å². The molecular weight excluding hydrogens is 206 g/mol. The Bertz CT molecular complexity index is 286. The SMILES string of the molecule is CCCN1CCC(CN)C1c1cscn1. The topological polar surface area (TPSA) is 42.1 Å². The molecule has 1 saturated heterocycles. The molecule has 0 saturated carbocycles. The van der Waals surface area contributed by atoms with Gasteiger partial charge in [0.2, 0.25) is 0 Å². The molecule has 2 N–H and O–H groups in total. The number of rotatable bonds is 4. The van der Waals surface area contributed by atoms with E-state index in [1.807, 2.05) is 5.51 Å². The van der Waals surface area contributed by atoms with Crippen molar-refractivity contribution < 1.29 is 0 Å². The summed E-state index contributed by atoms with van der Waals surface area (Å²) in [5.74, 6) is 0.596. The van der Waals surface area contributed by atoms with E-state index >= 15 is 0 Å². The van der Waals surface area contributed by atoms with Crippen molar-refractivity contribution in [2.24, 2.45) is 11.7 Å². The van der Waals surface area contributed by atoms with Gasteiger partial charge in [-0.1, -0.05) is 6.92 Å². The summed E-state index contributed by atoms with van der Waals surface area (Å²) in [7, 11) is 0. The first-order valence-corrected chi connectivity index (χ1v) is 6.63. The van der Waals surface area contributed by atoms with E-state index in [0.717, 1.165) is 6.54 Å². The van der Waals surface area contributed by atoms with Crippen LogP contribution in [0.4, 0.5) is 0 Å². The summed E-state index contributed by atoms with van der Waals surface area (Å²) in [4.78, 5) is 6.98. The van der Waals surface area contributed by atoms with Gasteiger partial charge in [-0.25, -0.2) is 4.98 Å². The summed E-state index contributed by atoms with van der Waals surface area (Å²) >= 11 is 1.68. The molecule has 0 amide bonds. The van der Waals surface area contributed by atoms with Crippen molar-refractivity contribution in [2.45, 2.75) is 25.8 Å². The first-order chi connectivity index (χ1) is 7.36. The highest BCUT2D eigenvalue weighted by atomic mass is 32.1. The van der Waals surface area contributed by atoms with E-state index in [0.29, 0.717) is 12.0 Å². The third-order valence-corrected chi connectivity index (χ3v) is 3.80. The molecule has 1 fully saturated rings. The summed E-state index contributed by atoms with van der Waals surface area (Å²) in [5, 5.41) is 2.17. The molecule has 84 valence electrons. The molecule has 4 heteroatoms. The summed E-state index contributed by atoms with van der Waals surface area (Å²) in [6.07, 6.45) is 2.43. The highest BCUT2D eigenvalue weighted by molar-refractivity contribution is 7.07. The van der Waals surface area contributed by atoms with Crippen LogP contribution in [0.3, 0.4) is 0 Å². The molecule has 1 aliphatic heterocycles. The lowest BCUT2D eigenvalue weighted by Crippen LogP contribution is -2.29. The summed E-state index contributed by atoms with van der Waals surface area (Å²) in [5.41, 5.74) is 8.98. The Balaban J connectivity index is 2.15. The zero-order valence-corrected chi connectivity index (χ0v) is 10.0. The normalized spacial score (nSPS) is 27.3. The monoisotopic (exact) mass is 225 g/mol. The largest absolute Gasteiger partial charge is 0.330 e. The second kappa shape index (κ2) is 5.05. The summed E-state index contributed by atoms with van der Waals surface area (Å²) in [6.45, 7) is 5.35. The average molecular weight is 225 g/mol. The van der Waals surface area contributed by atoms with Crippen LogP contribution < -0.4 is 5.73 Å². The zero-order valence-electron chi connectivity index (χ0n) is 9.22. The summed E-state index contributed by atoms with van der Waals surface area (Å²) < 4.78 is 0. The minimum Gasteiger partial charge on any atom is -0.330 e. The molecule has 0 radical (unpaired) electrons. The van der Waals surface area contributed by atoms with Crippen LogP contribution in [0.1, 0.15) is 31.5 Å². The van der Waals surface area contributed by atoms with Gasteiger partial charge in [0.15, 0.2) is 0 Å². The molecule has 0 bridgehead atoms. The maximum atomic E-state index is 5.84. The molecular formula is C11H19N3S. The van der Waals surface area contributed by atoms with Gasteiger partial charge in [0.25, 0.3) is 0 Å². The van der Waals surface area contributed by atoms with Crippen LogP contribution in [0.5, 0.6) is 0 Å². The van der Waals surface area contributed by atoms with Crippen LogP contribution in [0.15, 0.2) is 10.9 Å². The number of nitrogens with two attached hydrogens (primary N) is 1. The standard InChI is InChI=1S/C11H19N3S/c1-2-4-14-5-3-9(6-12)11(14)10-7-15-8-13-10/h7-9,11H,2-6,12H2,1H3. The molecule has 2 rings (SSSR count). The number of thiazole rings is 1. The Morgan fingerprint density at radius 3 is 3.13 bits per heavy atom. The first kappa shape index (κ1) is 11.0. The number of hydrogen-bond acceptors (Lipinski definition) is 4. The molecule has 0 spiro atoms. The van der Waals surface area contributed by atoms with Gasteiger partial charge >= 0.3 is 0 Å². The Kier molecular flexibility index (Phi) is 3.72. The fraction of sp³-hybridized carbons (Fsp3) is 0.727. The van der Waals surface area contributed by atoms with Crippen molar-refractivity contribution in [3.05, 3.63) is 16.6 Å². The van der Waals surface area contributed by atoms with E-state index in [-0.39, 0.29) is 0 Å². The molecule has 1 aromatic heterocycles. The fourth-order valence-corrected chi connectivity index (χ4v) is 3.09. The first-order valence-electron chi connectivity index (χ1n) is 5.69. The van der Waals surface area contributed by atoms with Crippen molar-refractivity contribution >= 4 is 11.3 Å². The van der Waals surface area contributed by atoms with Crippen molar-refractivity contribution in [3.63, 3.8) is 0 Å². The quantitative estimate of drug-likeness (QED) is 0.850. The fourth-order valence-electron chi connectivity index (χ4n) is 2.51. The molecule has 0 aliphatic carbocycles. The van der Waals surface area contributed by atoms with Gasteiger partial charge in [-0.15, -0.1) is 11.3 Å². The van der Waals surface area contributed by atoms with E-state index in [1.165, 1.54) is 31.6 Å². The lowest BCUT2D eigenvalue weighted by molar-refractivity contribution is 0.227. The predicted octanol–water partition coefficient (Wildman–Crippen LogP) is 1.87. The van der Waals surface area contributed by atoms with Gasteiger partial charge in [0.1, 0.15) is 0 Å². The summed E-state index contributed by atoms with van der Waals surface area (Å²) in [6, 6.07) is 0.473. The Morgan fingerprint density at radius 2 is 2.53 bits per heavy atom. The van der Waals surface area contributed by atoms with Crippen molar-refractivity contribution in [2.75, 3.05) is 19.6 Å². The van der Waals surface area contributed by atoms with Crippen LogP contribution in [-0.2, 0) is 0 Å². The van der Waals surface area contributed by atoms with E-state index in [1.54, 1.807) is 11.3 Å². The second-order valence-corrected chi connectivity index (χ2v) is 4.90. The van der Waals surface area contributed by atoms with Gasteiger partial charge in [-0.2, -0.15) is 0 Å². The highest BCUT2D eigenvalue weighted by Gasteiger charge is 2.34. The van der Waals surface area contributed by atoms with Crippen LogP contribution in [0.2, 0.25) is 0 Å². The Labute approximate surface area is 95.3 Å². The van der Waals surface area contributed by atoms with Gasteiger partial charge in [-0.3, -0.25) is 4.90 Å². The van der Waals surface area contributed by atoms with Gasteiger partial charge < -0.3 is 5.73 Å². The average Bonchev–Trinajstić information content (AvgIpc) is 2.85. The molecule has 2 heterocycles. The van der Waals surface area contributed by atoms with Gasteiger partial charge in [0.05, 0.1) is 17.2 Å². The van der Waals surface area contributed by atoms with Crippen LogP contribution >= 0.6 is 11.3 Å². The van der Waals surface area contributed by atoms with Crippen molar-refractivity contribution in [1.82, 2.24) is 9.88 Å². The number of likely N-dealkylation sites (tertiary alicyclic amines) is 1. The zero-order chi connectivity index (χ0) is 10.7. The number of aromatic nitrogens is 1. The van der Waals surface area contributed by atoms with Gasteiger partial charge in [-0.05, 0) is 38.4 Å². The smallest absolute Gasteiger partial charge is 0.0795 e. The van der Waals surface area contributed by atoms with Gasteiger partial charge in [0, 0.05) is 5.38 Å². The molecule has 2 unspecified atom stereocenters. The molecule has 2 atom stereocenters. The maximum Gasteiger partial charge on any atom is 0.0795 e. The van der Waals surface area contributed by atoms with Crippen LogP contribution in [0.25, 0.3) is 0 Å². The highest BCUT2D eigenvalue weighted by Crippen LogP contribution is 2.36. The predicted molar refractivity (Wildman–Crippen MR) is 63.9 cm³/mol. The number of nitrogens with zero attached hydrogens (tertiary/aromatic N) is 2. The lowest BCUT2D eigenvalue weighted by Gasteiger charge is -2.25. The maximum absolute atomic E-state index is 5.84.